The Morgan fingerprint density at radius 2 is 2.33 bits per heavy atom. The maximum atomic E-state index is 4.28. The Kier molecular flexibility index (Phi) is 3.22. The fraction of sp³-hybridized carbons (Fsp3) is 0.375. The lowest BCUT2D eigenvalue weighted by atomic mass is 10.3. The highest BCUT2D eigenvalue weighted by Crippen LogP contribution is 2.15. The summed E-state index contributed by atoms with van der Waals surface area (Å²) in [6, 6.07) is 1.85. The van der Waals surface area contributed by atoms with Gasteiger partial charge in [0, 0.05) is 11.8 Å². The van der Waals surface area contributed by atoms with Crippen LogP contribution >= 0.6 is 11.8 Å². The van der Waals surface area contributed by atoms with E-state index in [-0.39, 0.29) is 0 Å². The van der Waals surface area contributed by atoms with Crippen LogP contribution in [0.2, 0.25) is 0 Å². The van der Waals surface area contributed by atoms with Crippen LogP contribution in [0.3, 0.4) is 0 Å². The molecule has 0 bridgehead atoms. The number of hydrogen-bond acceptors (Lipinski definition) is 4. The number of hydrogen-bond donors (Lipinski definition) is 0. The highest BCUT2D eigenvalue weighted by molar-refractivity contribution is 7.98. The van der Waals surface area contributed by atoms with Crippen LogP contribution < -0.4 is 0 Å². The minimum atomic E-state index is 0.659. The van der Waals surface area contributed by atoms with Crippen LogP contribution in [0.5, 0.6) is 0 Å². The van der Waals surface area contributed by atoms with Gasteiger partial charge in [-0.15, -0.1) is 0 Å². The summed E-state index contributed by atoms with van der Waals surface area (Å²) in [7, 11) is 0. The molecule has 0 spiro atoms. The summed E-state index contributed by atoms with van der Waals surface area (Å²) in [5, 5.41) is 0.761. The van der Waals surface area contributed by atoms with E-state index in [1.807, 2.05) is 12.3 Å². The molecule has 0 amide bonds. The third-order valence-corrected chi connectivity index (χ3v) is 2.00. The molecule has 3 nitrogen and oxygen atoms in total. The molecule has 12 heavy (non-hydrogen) atoms. The zero-order chi connectivity index (χ0) is 8.97. The van der Waals surface area contributed by atoms with Gasteiger partial charge in [-0.2, -0.15) is 0 Å². The fourth-order valence-electron chi connectivity index (χ4n) is 0.813. The first-order chi connectivity index (χ1) is 5.80. The van der Waals surface area contributed by atoms with E-state index in [1.165, 1.54) is 11.8 Å². The highest BCUT2D eigenvalue weighted by atomic mass is 32.2. The summed E-state index contributed by atoms with van der Waals surface area (Å²) in [6.07, 6.45) is 2.85. The van der Waals surface area contributed by atoms with Gasteiger partial charge in [-0.3, -0.25) is 0 Å². The lowest BCUT2D eigenvalue weighted by Gasteiger charge is -2.00. The number of thioether (sulfide) groups is 1. The molecular formula is C8H11N3S. The molecule has 0 aliphatic heterocycles. The van der Waals surface area contributed by atoms with Crippen molar-refractivity contribution in [2.75, 3.05) is 6.26 Å². The molecule has 0 aliphatic carbocycles. The summed E-state index contributed by atoms with van der Waals surface area (Å²) < 4.78 is 0. The fourth-order valence-corrected chi connectivity index (χ4v) is 1.21. The molecule has 0 unspecified atom stereocenters. The lowest BCUT2D eigenvalue weighted by Crippen LogP contribution is -1.91. The van der Waals surface area contributed by atoms with E-state index in [4.69, 9.17) is 0 Å². The van der Waals surface area contributed by atoms with Crippen LogP contribution in [-0.4, -0.2) is 22.9 Å². The van der Waals surface area contributed by atoms with Gasteiger partial charge in [0.15, 0.2) is 11.0 Å². The summed E-state index contributed by atoms with van der Waals surface area (Å²) in [5.41, 5.74) is 1.01. The second kappa shape index (κ2) is 4.21. The molecule has 0 saturated heterocycles. The van der Waals surface area contributed by atoms with Gasteiger partial charge in [0.2, 0.25) is 0 Å². The molecular weight excluding hydrogens is 170 g/mol. The van der Waals surface area contributed by atoms with Crippen LogP contribution in [0.25, 0.3) is 0 Å². The largest absolute Gasteiger partial charge is 0.245 e. The molecule has 0 radical (unpaired) electrons. The first-order valence-electron chi connectivity index (χ1n) is 3.68. The van der Waals surface area contributed by atoms with Crippen LogP contribution in [0, 0.1) is 0 Å². The Morgan fingerprint density at radius 1 is 1.58 bits per heavy atom. The first-order valence-corrected chi connectivity index (χ1v) is 4.91. The molecule has 1 heterocycles. The maximum absolute atomic E-state index is 4.28. The molecule has 64 valence electrons. The molecule has 1 aromatic heterocycles. The van der Waals surface area contributed by atoms with E-state index in [9.17, 15) is 0 Å². The summed E-state index contributed by atoms with van der Waals surface area (Å²) in [5.74, 6) is 0.659. The van der Waals surface area contributed by atoms with Crippen molar-refractivity contribution < 1.29 is 0 Å². The zero-order valence-electron chi connectivity index (χ0n) is 7.24. The Bertz CT molecular complexity index is 263. The van der Waals surface area contributed by atoms with Gasteiger partial charge in [-0.25, -0.2) is 15.0 Å². The van der Waals surface area contributed by atoms with Gasteiger partial charge in [-0.1, -0.05) is 18.7 Å². The number of aromatic nitrogens is 2. The Morgan fingerprint density at radius 3 is 2.83 bits per heavy atom. The van der Waals surface area contributed by atoms with Crippen LogP contribution in [0.4, 0.5) is 5.82 Å². The molecule has 1 rings (SSSR count). The zero-order valence-corrected chi connectivity index (χ0v) is 8.06. The third kappa shape index (κ3) is 2.04. The van der Waals surface area contributed by atoms with E-state index in [0.29, 0.717) is 5.82 Å². The number of nitrogens with zero attached hydrogens (tertiary/aromatic N) is 3. The van der Waals surface area contributed by atoms with Gasteiger partial charge in [0.05, 0.1) is 0 Å². The van der Waals surface area contributed by atoms with Gasteiger partial charge < -0.3 is 0 Å². The van der Waals surface area contributed by atoms with Crippen molar-refractivity contribution in [3.8, 4) is 0 Å². The molecule has 0 N–H and O–H groups in total. The van der Waals surface area contributed by atoms with Crippen molar-refractivity contribution in [1.82, 2.24) is 9.97 Å². The van der Waals surface area contributed by atoms with Gasteiger partial charge in [0.25, 0.3) is 0 Å². The second-order valence-corrected chi connectivity index (χ2v) is 2.99. The van der Waals surface area contributed by atoms with Crippen molar-refractivity contribution in [1.29, 1.82) is 0 Å². The number of aryl methyl sites for hydroxylation is 1. The quantitative estimate of drug-likeness (QED) is 0.407. The maximum Gasteiger partial charge on any atom is 0.189 e. The summed E-state index contributed by atoms with van der Waals surface area (Å²) >= 11 is 1.52. The van der Waals surface area contributed by atoms with Crippen molar-refractivity contribution >= 4 is 24.3 Å². The Labute approximate surface area is 76.3 Å². The predicted octanol–water partition coefficient (Wildman–Crippen LogP) is 2.09. The number of aliphatic imine (C=N–C) groups is 1. The van der Waals surface area contributed by atoms with E-state index >= 15 is 0 Å². The van der Waals surface area contributed by atoms with Gasteiger partial charge in [0.1, 0.15) is 0 Å². The third-order valence-electron chi connectivity index (χ3n) is 1.45. The molecule has 0 fully saturated rings. The van der Waals surface area contributed by atoms with Gasteiger partial charge >= 0.3 is 0 Å². The smallest absolute Gasteiger partial charge is 0.189 e. The second-order valence-electron chi connectivity index (χ2n) is 2.22. The van der Waals surface area contributed by atoms with Crippen molar-refractivity contribution in [3.05, 3.63) is 11.8 Å². The summed E-state index contributed by atoms with van der Waals surface area (Å²) in [6.45, 7) is 5.49. The minimum Gasteiger partial charge on any atom is -0.245 e. The van der Waals surface area contributed by atoms with Crippen LogP contribution in [0.1, 0.15) is 12.6 Å². The van der Waals surface area contributed by atoms with E-state index in [0.717, 1.165) is 17.3 Å². The SMILES string of the molecule is C=Nc1cc(CC)nc(SC)n1. The van der Waals surface area contributed by atoms with Crippen LogP contribution in [-0.2, 0) is 6.42 Å². The molecule has 0 saturated carbocycles. The summed E-state index contributed by atoms with van der Waals surface area (Å²) in [4.78, 5) is 12.2. The molecule has 0 atom stereocenters. The van der Waals surface area contributed by atoms with Gasteiger partial charge in [-0.05, 0) is 19.4 Å². The highest BCUT2D eigenvalue weighted by Gasteiger charge is 1.99. The lowest BCUT2D eigenvalue weighted by molar-refractivity contribution is 0.892. The van der Waals surface area contributed by atoms with Crippen molar-refractivity contribution in [2.24, 2.45) is 4.99 Å². The first kappa shape index (κ1) is 9.19. The average molecular weight is 181 g/mol. The van der Waals surface area contributed by atoms with Crippen molar-refractivity contribution in [2.45, 2.75) is 18.5 Å². The predicted molar refractivity (Wildman–Crippen MR) is 52.4 cm³/mol. The molecule has 4 heteroatoms. The van der Waals surface area contributed by atoms with Crippen LogP contribution in [0.15, 0.2) is 16.2 Å². The minimum absolute atomic E-state index is 0.659. The Hall–Kier alpha value is -0.900. The van der Waals surface area contributed by atoms with E-state index in [1.54, 1.807) is 0 Å². The molecule has 1 aromatic rings. The molecule has 0 aliphatic rings. The van der Waals surface area contributed by atoms with E-state index < -0.39 is 0 Å². The normalized spacial score (nSPS) is 9.83. The molecule has 0 aromatic carbocycles. The Balaban J connectivity index is 3.09. The van der Waals surface area contributed by atoms with E-state index in [2.05, 4.69) is 28.6 Å². The monoisotopic (exact) mass is 181 g/mol. The van der Waals surface area contributed by atoms with Crippen molar-refractivity contribution in [3.63, 3.8) is 0 Å². The topological polar surface area (TPSA) is 38.1 Å². The standard InChI is InChI=1S/C8H11N3S/c1-4-6-5-7(9-2)11-8(10-6)12-3/h5H,2,4H2,1,3H3. The number of rotatable bonds is 3. The average Bonchev–Trinajstić information content (AvgIpc) is 2.16.